The van der Waals surface area contributed by atoms with Gasteiger partial charge in [-0.05, 0) is 31.2 Å². The van der Waals surface area contributed by atoms with Gasteiger partial charge in [0.25, 0.3) is 11.8 Å². The van der Waals surface area contributed by atoms with Gasteiger partial charge in [0.15, 0.2) is 0 Å². The number of ether oxygens (including phenoxy) is 1. The van der Waals surface area contributed by atoms with Crippen LogP contribution in [0.25, 0.3) is 0 Å². The summed E-state index contributed by atoms with van der Waals surface area (Å²) in [5, 5.41) is 2.54. The predicted octanol–water partition coefficient (Wildman–Crippen LogP) is 3.63. The highest BCUT2D eigenvalue weighted by Crippen LogP contribution is 2.18. The van der Waals surface area contributed by atoms with Gasteiger partial charge in [-0.15, -0.1) is 11.3 Å². The quantitative estimate of drug-likeness (QED) is 0.631. The minimum Gasteiger partial charge on any atom is -0.486 e. The fraction of sp³-hybridized carbons (Fsp3) is 0.261. The van der Waals surface area contributed by atoms with Gasteiger partial charge in [-0.1, -0.05) is 35.9 Å². The first-order valence-electron chi connectivity index (χ1n) is 9.87. The van der Waals surface area contributed by atoms with Crippen LogP contribution < -0.4 is 4.74 Å². The molecule has 2 aromatic carbocycles. The number of hydrogen-bond donors (Lipinski definition) is 0. The fourth-order valence-electron chi connectivity index (χ4n) is 3.29. The SMILES string of the molecule is Cc1ccc(OCc2nc(C(=O)N3CCN(C(=O)c4ccccc4)CC3)cs2)cc1. The van der Waals surface area contributed by atoms with Gasteiger partial charge in [-0.2, -0.15) is 0 Å². The van der Waals surface area contributed by atoms with Crippen LogP contribution in [0.2, 0.25) is 0 Å². The first kappa shape index (κ1) is 20.1. The third-order valence-electron chi connectivity index (χ3n) is 5.03. The summed E-state index contributed by atoms with van der Waals surface area (Å²) in [5.41, 5.74) is 2.29. The summed E-state index contributed by atoms with van der Waals surface area (Å²) in [5.74, 6) is 0.689. The molecule has 2 amide bonds. The van der Waals surface area contributed by atoms with E-state index in [1.807, 2.05) is 61.5 Å². The maximum Gasteiger partial charge on any atom is 0.273 e. The van der Waals surface area contributed by atoms with Crippen molar-refractivity contribution in [1.82, 2.24) is 14.8 Å². The number of piperazine rings is 1. The van der Waals surface area contributed by atoms with Crippen molar-refractivity contribution in [1.29, 1.82) is 0 Å². The van der Waals surface area contributed by atoms with Crippen molar-refractivity contribution in [2.24, 2.45) is 0 Å². The average molecular weight is 422 g/mol. The van der Waals surface area contributed by atoms with Gasteiger partial charge in [-0.25, -0.2) is 4.98 Å². The molecule has 1 aliphatic rings. The molecule has 154 valence electrons. The Morgan fingerprint density at radius 1 is 0.933 bits per heavy atom. The molecule has 4 rings (SSSR count). The maximum atomic E-state index is 12.8. The number of aryl methyl sites for hydroxylation is 1. The Balaban J connectivity index is 1.30. The zero-order valence-electron chi connectivity index (χ0n) is 16.8. The second kappa shape index (κ2) is 9.09. The molecule has 0 atom stereocenters. The number of carbonyl (C=O) groups excluding carboxylic acids is 2. The smallest absolute Gasteiger partial charge is 0.273 e. The van der Waals surface area contributed by atoms with Crippen molar-refractivity contribution < 1.29 is 14.3 Å². The van der Waals surface area contributed by atoms with Gasteiger partial charge < -0.3 is 14.5 Å². The van der Waals surface area contributed by atoms with E-state index in [0.29, 0.717) is 44.0 Å². The van der Waals surface area contributed by atoms with Crippen LogP contribution >= 0.6 is 11.3 Å². The number of hydrogen-bond acceptors (Lipinski definition) is 5. The lowest BCUT2D eigenvalue weighted by Gasteiger charge is -2.34. The van der Waals surface area contributed by atoms with Gasteiger partial charge in [0.2, 0.25) is 0 Å². The van der Waals surface area contributed by atoms with Gasteiger partial charge >= 0.3 is 0 Å². The van der Waals surface area contributed by atoms with Gasteiger partial charge in [0.1, 0.15) is 23.1 Å². The molecule has 0 N–H and O–H groups in total. The predicted molar refractivity (Wildman–Crippen MR) is 116 cm³/mol. The van der Waals surface area contributed by atoms with E-state index >= 15 is 0 Å². The molecule has 1 aromatic heterocycles. The molecule has 0 aliphatic carbocycles. The Morgan fingerprint density at radius 2 is 1.57 bits per heavy atom. The van der Waals surface area contributed by atoms with Crippen LogP contribution in [0.1, 0.15) is 31.4 Å². The van der Waals surface area contributed by atoms with E-state index in [9.17, 15) is 9.59 Å². The summed E-state index contributed by atoms with van der Waals surface area (Å²) < 4.78 is 5.75. The molecule has 0 spiro atoms. The monoisotopic (exact) mass is 421 g/mol. The molecule has 1 aliphatic heterocycles. The number of carbonyl (C=O) groups is 2. The minimum atomic E-state index is -0.0976. The van der Waals surface area contributed by atoms with Crippen LogP contribution in [0.4, 0.5) is 0 Å². The normalized spacial score (nSPS) is 13.9. The van der Waals surface area contributed by atoms with Crippen molar-refractivity contribution in [2.75, 3.05) is 26.2 Å². The lowest BCUT2D eigenvalue weighted by molar-refractivity contribution is 0.0532. The second-order valence-corrected chi connectivity index (χ2v) is 8.12. The lowest BCUT2D eigenvalue weighted by Crippen LogP contribution is -2.50. The summed E-state index contributed by atoms with van der Waals surface area (Å²) in [6.07, 6.45) is 0. The number of thiazole rings is 1. The number of rotatable bonds is 5. The van der Waals surface area contributed by atoms with E-state index < -0.39 is 0 Å². The molecule has 0 bridgehead atoms. The van der Waals surface area contributed by atoms with Crippen LogP contribution in [-0.2, 0) is 6.61 Å². The molecule has 0 unspecified atom stereocenters. The van der Waals surface area contributed by atoms with Crippen LogP contribution in [0.5, 0.6) is 5.75 Å². The minimum absolute atomic E-state index is 0.00639. The first-order chi connectivity index (χ1) is 14.6. The standard InChI is InChI=1S/C23H23N3O3S/c1-17-7-9-19(10-8-17)29-15-21-24-20(16-30-21)23(28)26-13-11-25(12-14-26)22(27)18-5-3-2-4-6-18/h2-10,16H,11-15H2,1H3. The van der Waals surface area contributed by atoms with Gasteiger partial charge in [0.05, 0.1) is 0 Å². The van der Waals surface area contributed by atoms with E-state index in [1.54, 1.807) is 15.2 Å². The van der Waals surface area contributed by atoms with Crippen molar-refractivity contribution in [3.05, 3.63) is 81.8 Å². The molecule has 1 fully saturated rings. The molecule has 6 nitrogen and oxygen atoms in total. The van der Waals surface area contributed by atoms with Crippen molar-refractivity contribution in [3.8, 4) is 5.75 Å². The highest BCUT2D eigenvalue weighted by atomic mass is 32.1. The van der Waals surface area contributed by atoms with Crippen LogP contribution in [0.15, 0.2) is 60.0 Å². The van der Waals surface area contributed by atoms with Crippen LogP contribution in [0, 0.1) is 6.92 Å². The molecular weight excluding hydrogens is 398 g/mol. The highest BCUT2D eigenvalue weighted by Gasteiger charge is 2.26. The first-order valence-corrected chi connectivity index (χ1v) is 10.8. The Kier molecular flexibility index (Phi) is 6.09. The van der Waals surface area contributed by atoms with E-state index in [-0.39, 0.29) is 11.8 Å². The summed E-state index contributed by atoms with van der Waals surface area (Å²) in [4.78, 5) is 33.3. The molecule has 2 heterocycles. The molecule has 7 heteroatoms. The topological polar surface area (TPSA) is 62.7 Å². The third kappa shape index (κ3) is 4.68. The zero-order chi connectivity index (χ0) is 20.9. The summed E-state index contributed by atoms with van der Waals surface area (Å²) in [6, 6.07) is 17.1. The average Bonchev–Trinajstić information content (AvgIpc) is 3.27. The molecule has 30 heavy (non-hydrogen) atoms. The zero-order valence-corrected chi connectivity index (χ0v) is 17.6. The molecule has 0 saturated carbocycles. The number of nitrogens with zero attached hydrogens (tertiary/aromatic N) is 3. The van der Waals surface area contributed by atoms with Crippen molar-refractivity contribution in [3.63, 3.8) is 0 Å². The van der Waals surface area contributed by atoms with E-state index in [2.05, 4.69) is 4.98 Å². The molecular formula is C23H23N3O3S. The Morgan fingerprint density at radius 3 is 2.23 bits per heavy atom. The summed E-state index contributed by atoms with van der Waals surface area (Å²) in [6.45, 7) is 4.41. The van der Waals surface area contributed by atoms with Crippen LogP contribution in [-0.4, -0.2) is 52.8 Å². The lowest BCUT2D eigenvalue weighted by atomic mass is 10.2. The Labute approximate surface area is 179 Å². The fourth-order valence-corrected chi connectivity index (χ4v) is 3.97. The van der Waals surface area contributed by atoms with Crippen LogP contribution in [0.3, 0.4) is 0 Å². The number of benzene rings is 2. The van der Waals surface area contributed by atoms with Crippen molar-refractivity contribution in [2.45, 2.75) is 13.5 Å². The number of amides is 2. The van der Waals surface area contributed by atoms with E-state index in [4.69, 9.17) is 4.74 Å². The summed E-state index contributed by atoms with van der Waals surface area (Å²) >= 11 is 1.42. The summed E-state index contributed by atoms with van der Waals surface area (Å²) in [7, 11) is 0. The Bertz CT molecular complexity index is 1010. The molecule has 0 radical (unpaired) electrons. The van der Waals surface area contributed by atoms with E-state index in [0.717, 1.165) is 10.8 Å². The van der Waals surface area contributed by atoms with Gasteiger partial charge in [-0.3, -0.25) is 9.59 Å². The third-order valence-corrected chi connectivity index (χ3v) is 5.85. The second-order valence-electron chi connectivity index (χ2n) is 7.18. The maximum absolute atomic E-state index is 12.8. The molecule has 3 aromatic rings. The van der Waals surface area contributed by atoms with E-state index in [1.165, 1.54) is 16.9 Å². The Hall–Kier alpha value is -3.19. The molecule has 1 saturated heterocycles. The van der Waals surface area contributed by atoms with Crippen molar-refractivity contribution >= 4 is 23.2 Å². The number of aromatic nitrogens is 1. The highest BCUT2D eigenvalue weighted by molar-refractivity contribution is 7.09. The largest absolute Gasteiger partial charge is 0.486 e. The van der Waals surface area contributed by atoms with Gasteiger partial charge in [0, 0.05) is 37.1 Å².